The number of nitrogens with zero attached hydrogens (tertiary/aromatic N) is 4. The number of sulfonamides is 1. The van der Waals surface area contributed by atoms with Gasteiger partial charge in [0.1, 0.15) is 0 Å². The molecule has 1 saturated heterocycles. The molecule has 4 rings (SSSR count). The highest BCUT2D eigenvalue weighted by Crippen LogP contribution is 2.21. The van der Waals surface area contributed by atoms with Crippen molar-refractivity contribution in [2.75, 3.05) is 26.2 Å². The van der Waals surface area contributed by atoms with Gasteiger partial charge in [-0.05, 0) is 63.4 Å². The third-order valence-corrected chi connectivity index (χ3v) is 8.41. The molecule has 0 saturated carbocycles. The highest BCUT2D eigenvalue weighted by atomic mass is 32.2. The summed E-state index contributed by atoms with van der Waals surface area (Å²) in [5.41, 5.74) is 5.09. The number of para-hydroxylation sites is 1. The summed E-state index contributed by atoms with van der Waals surface area (Å²) in [5.74, 6) is 0.0563. The zero-order chi connectivity index (χ0) is 24.3. The van der Waals surface area contributed by atoms with Crippen LogP contribution in [0, 0.1) is 20.8 Å². The van der Waals surface area contributed by atoms with Crippen molar-refractivity contribution in [1.29, 1.82) is 0 Å². The lowest BCUT2D eigenvalue weighted by atomic mass is 10.1. The topological polar surface area (TPSA) is 75.5 Å². The number of aromatic nitrogens is 2. The summed E-state index contributed by atoms with van der Waals surface area (Å²) in [6, 6.07) is 16.9. The van der Waals surface area contributed by atoms with E-state index in [2.05, 4.69) is 5.10 Å². The monoisotopic (exact) mass is 480 g/mol. The number of amides is 1. The molecule has 7 nitrogen and oxygen atoms in total. The molecule has 1 aromatic heterocycles. The molecule has 0 atom stereocenters. The number of carbonyl (C=O) groups excluding carboxylic acids is 1. The number of benzene rings is 2. The van der Waals surface area contributed by atoms with E-state index in [1.54, 1.807) is 17.0 Å². The molecule has 0 bridgehead atoms. The average molecular weight is 481 g/mol. The minimum Gasteiger partial charge on any atom is -0.341 e. The lowest BCUT2D eigenvalue weighted by Gasteiger charge is -2.22. The molecule has 3 aromatic rings. The minimum absolute atomic E-state index is 0.0563. The molecule has 0 spiro atoms. The lowest BCUT2D eigenvalue weighted by Crippen LogP contribution is -2.37. The molecule has 0 unspecified atom stereocenters. The molecule has 0 aliphatic carbocycles. The van der Waals surface area contributed by atoms with Crippen LogP contribution in [0.3, 0.4) is 0 Å². The predicted octanol–water partition coefficient (Wildman–Crippen LogP) is 3.65. The number of aryl methyl sites for hydroxylation is 2. The van der Waals surface area contributed by atoms with Crippen molar-refractivity contribution in [3.63, 3.8) is 0 Å². The summed E-state index contributed by atoms with van der Waals surface area (Å²) in [6.07, 6.45) is 1.62. The van der Waals surface area contributed by atoms with Crippen LogP contribution in [0.15, 0.2) is 59.5 Å². The molecule has 0 N–H and O–H groups in total. The molecule has 0 radical (unpaired) electrons. The molecule has 1 fully saturated rings. The van der Waals surface area contributed by atoms with Crippen LogP contribution >= 0.6 is 0 Å². The zero-order valence-corrected chi connectivity index (χ0v) is 20.9. The standard InChI is InChI=1S/C26H32N4O3S/c1-20-10-12-24(13-11-20)34(32,33)29-17-7-16-28(18-19-29)26(31)15-14-25-21(2)27-30(22(25)3)23-8-5-4-6-9-23/h4-6,8-13H,7,14-19H2,1-3H3. The van der Waals surface area contributed by atoms with E-state index < -0.39 is 10.0 Å². The van der Waals surface area contributed by atoms with Crippen LogP contribution in [0.4, 0.5) is 0 Å². The maximum Gasteiger partial charge on any atom is 0.243 e. The van der Waals surface area contributed by atoms with Crippen molar-refractivity contribution >= 4 is 15.9 Å². The molecule has 8 heteroatoms. The molecule has 2 aromatic carbocycles. The largest absolute Gasteiger partial charge is 0.341 e. The van der Waals surface area contributed by atoms with Crippen molar-refractivity contribution in [2.45, 2.75) is 44.9 Å². The Morgan fingerprint density at radius 3 is 2.32 bits per heavy atom. The first-order chi connectivity index (χ1) is 16.3. The van der Waals surface area contributed by atoms with Gasteiger partial charge >= 0.3 is 0 Å². The molecular formula is C26H32N4O3S. The quantitative estimate of drug-likeness (QED) is 0.540. The van der Waals surface area contributed by atoms with Gasteiger partial charge in [0.2, 0.25) is 15.9 Å². The first-order valence-electron chi connectivity index (χ1n) is 11.7. The van der Waals surface area contributed by atoms with Crippen LogP contribution in [0.1, 0.15) is 35.4 Å². The van der Waals surface area contributed by atoms with Crippen LogP contribution in [-0.4, -0.2) is 59.5 Å². The van der Waals surface area contributed by atoms with Gasteiger partial charge in [-0.3, -0.25) is 4.79 Å². The Morgan fingerprint density at radius 1 is 0.912 bits per heavy atom. The molecule has 34 heavy (non-hydrogen) atoms. The Hall–Kier alpha value is -2.97. The Labute approximate surface area is 202 Å². The Morgan fingerprint density at radius 2 is 1.62 bits per heavy atom. The summed E-state index contributed by atoms with van der Waals surface area (Å²) in [5, 5.41) is 4.68. The third kappa shape index (κ3) is 5.08. The van der Waals surface area contributed by atoms with Crippen LogP contribution in [0.5, 0.6) is 0 Å². The predicted molar refractivity (Wildman–Crippen MR) is 132 cm³/mol. The van der Waals surface area contributed by atoms with Crippen LogP contribution in [0.2, 0.25) is 0 Å². The van der Waals surface area contributed by atoms with Gasteiger partial charge in [0, 0.05) is 38.3 Å². The molecule has 1 aliphatic rings. The van der Waals surface area contributed by atoms with Gasteiger partial charge in [0.15, 0.2) is 0 Å². The maximum absolute atomic E-state index is 13.0. The molecule has 2 heterocycles. The van der Waals surface area contributed by atoms with Gasteiger partial charge in [-0.25, -0.2) is 13.1 Å². The summed E-state index contributed by atoms with van der Waals surface area (Å²) >= 11 is 0. The summed E-state index contributed by atoms with van der Waals surface area (Å²) in [6.45, 7) is 7.65. The van der Waals surface area contributed by atoms with Gasteiger partial charge in [0.25, 0.3) is 0 Å². The van der Waals surface area contributed by atoms with E-state index in [0.29, 0.717) is 50.3 Å². The van der Waals surface area contributed by atoms with Crippen LogP contribution < -0.4 is 0 Å². The average Bonchev–Trinajstić information content (AvgIpc) is 2.99. The fourth-order valence-electron chi connectivity index (χ4n) is 4.49. The van der Waals surface area contributed by atoms with E-state index in [9.17, 15) is 13.2 Å². The second-order valence-electron chi connectivity index (χ2n) is 8.85. The first-order valence-corrected chi connectivity index (χ1v) is 13.2. The normalized spacial score (nSPS) is 15.3. The van der Waals surface area contributed by atoms with Crippen molar-refractivity contribution in [3.05, 3.63) is 77.1 Å². The number of rotatable bonds is 6. The van der Waals surface area contributed by atoms with Gasteiger partial charge in [-0.15, -0.1) is 0 Å². The van der Waals surface area contributed by atoms with Crippen LogP contribution in [-0.2, 0) is 21.2 Å². The summed E-state index contributed by atoms with van der Waals surface area (Å²) < 4.78 is 29.5. The van der Waals surface area contributed by atoms with Crippen molar-refractivity contribution in [1.82, 2.24) is 19.0 Å². The van der Waals surface area contributed by atoms with Gasteiger partial charge in [-0.2, -0.15) is 9.40 Å². The van der Waals surface area contributed by atoms with Gasteiger partial charge < -0.3 is 4.90 Å². The fourth-order valence-corrected chi connectivity index (χ4v) is 5.96. The maximum atomic E-state index is 13.0. The number of carbonyl (C=O) groups is 1. The van der Waals surface area contributed by atoms with Crippen LogP contribution in [0.25, 0.3) is 5.69 Å². The van der Waals surface area contributed by atoms with E-state index in [1.807, 2.05) is 67.9 Å². The van der Waals surface area contributed by atoms with E-state index in [0.717, 1.165) is 28.2 Å². The van der Waals surface area contributed by atoms with Gasteiger partial charge in [-0.1, -0.05) is 35.9 Å². The molecule has 1 aliphatic heterocycles. The van der Waals surface area contributed by atoms with Crippen molar-refractivity contribution < 1.29 is 13.2 Å². The zero-order valence-electron chi connectivity index (χ0n) is 20.1. The summed E-state index contributed by atoms with van der Waals surface area (Å²) in [4.78, 5) is 15.1. The second-order valence-corrected chi connectivity index (χ2v) is 10.8. The number of hydrogen-bond acceptors (Lipinski definition) is 4. The second kappa shape index (κ2) is 10.1. The Kier molecular flexibility index (Phi) is 7.19. The van der Waals surface area contributed by atoms with E-state index in [1.165, 1.54) is 4.31 Å². The van der Waals surface area contributed by atoms with E-state index >= 15 is 0 Å². The lowest BCUT2D eigenvalue weighted by molar-refractivity contribution is -0.131. The first kappa shape index (κ1) is 24.2. The fraction of sp³-hybridized carbons (Fsp3) is 0.385. The number of hydrogen-bond donors (Lipinski definition) is 0. The summed E-state index contributed by atoms with van der Waals surface area (Å²) in [7, 11) is -3.56. The Balaban J connectivity index is 1.39. The Bertz CT molecular complexity index is 1250. The molecular weight excluding hydrogens is 448 g/mol. The SMILES string of the molecule is Cc1ccc(S(=O)(=O)N2CCCN(C(=O)CCc3c(C)nn(-c4ccccc4)c3C)CC2)cc1. The van der Waals surface area contributed by atoms with Crippen molar-refractivity contribution in [2.24, 2.45) is 0 Å². The minimum atomic E-state index is -3.56. The van der Waals surface area contributed by atoms with E-state index in [-0.39, 0.29) is 5.91 Å². The molecule has 180 valence electrons. The third-order valence-electron chi connectivity index (χ3n) is 6.50. The highest BCUT2D eigenvalue weighted by Gasteiger charge is 2.28. The van der Waals surface area contributed by atoms with Crippen molar-refractivity contribution in [3.8, 4) is 5.69 Å². The molecule has 1 amide bonds. The van der Waals surface area contributed by atoms with Gasteiger partial charge in [0.05, 0.1) is 16.3 Å². The highest BCUT2D eigenvalue weighted by molar-refractivity contribution is 7.89. The smallest absolute Gasteiger partial charge is 0.243 e. The van der Waals surface area contributed by atoms with E-state index in [4.69, 9.17) is 0 Å².